The van der Waals surface area contributed by atoms with Crippen LogP contribution in [0.5, 0.6) is 0 Å². The average molecular weight is 403 g/mol. The van der Waals surface area contributed by atoms with Crippen LogP contribution in [0.4, 0.5) is 10.5 Å². The van der Waals surface area contributed by atoms with E-state index in [-0.39, 0.29) is 12.0 Å². The van der Waals surface area contributed by atoms with Crippen molar-refractivity contribution in [3.05, 3.63) is 24.5 Å². The lowest BCUT2D eigenvalue weighted by atomic mass is 9.81. The summed E-state index contributed by atoms with van der Waals surface area (Å²) >= 11 is 0. The monoisotopic (exact) mass is 402 g/mol. The van der Waals surface area contributed by atoms with E-state index >= 15 is 0 Å². The first-order valence-corrected chi connectivity index (χ1v) is 10.7. The second-order valence-electron chi connectivity index (χ2n) is 9.12. The molecule has 2 fully saturated rings. The zero-order valence-electron chi connectivity index (χ0n) is 17.9. The Hall–Kier alpha value is -2.31. The molecule has 0 unspecified atom stereocenters. The Bertz CT molecular complexity index is 673. The largest absolute Gasteiger partial charge is 0.444 e. The second kappa shape index (κ2) is 9.46. The summed E-state index contributed by atoms with van der Waals surface area (Å²) in [4.78, 5) is 33.1. The molecule has 1 aromatic heterocycles. The van der Waals surface area contributed by atoms with Crippen molar-refractivity contribution in [1.29, 1.82) is 0 Å². The SMILES string of the molecule is CC(C)(C)OC(=O)NCC1CCC(C(=O)N2CCN(c3ccncc3)CC2)CC1. The fourth-order valence-corrected chi connectivity index (χ4v) is 4.15. The molecular formula is C22H34N4O3. The fraction of sp³-hybridized carbons (Fsp3) is 0.682. The number of alkyl carbamates (subject to hydrolysis) is 1. The quantitative estimate of drug-likeness (QED) is 0.838. The van der Waals surface area contributed by atoms with Gasteiger partial charge >= 0.3 is 6.09 Å². The van der Waals surface area contributed by atoms with Crippen molar-refractivity contribution in [2.24, 2.45) is 11.8 Å². The molecule has 3 rings (SSSR count). The highest BCUT2D eigenvalue weighted by Gasteiger charge is 2.31. The van der Waals surface area contributed by atoms with Gasteiger partial charge in [0.1, 0.15) is 5.60 Å². The third-order valence-corrected chi connectivity index (χ3v) is 5.75. The number of carbonyl (C=O) groups excluding carboxylic acids is 2. The van der Waals surface area contributed by atoms with E-state index in [1.807, 2.05) is 50.2 Å². The van der Waals surface area contributed by atoms with Crippen molar-refractivity contribution in [3.8, 4) is 0 Å². The van der Waals surface area contributed by atoms with E-state index in [4.69, 9.17) is 4.74 Å². The Morgan fingerprint density at radius 2 is 1.69 bits per heavy atom. The molecule has 7 nitrogen and oxygen atoms in total. The molecular weight excluding hydrogens is 368 g/mol. The number of aromatic nitrogens is 1. The van der Waals surface area contributed by atoms with Crippen LogP contribution in [0.2, 0.25) is 0 Å². The van der Waals surface area contributed by atoms with Crippen LogP contribution < -0.4 is 10.2 Å². The van der Waals surface area contributed by atoms with Gasteiger partial charge in [0.2, 0.25) is 5.91 Å². The van der Waals surface area contributed by atoms with E-state index in [2.05, 4.69) is 15.2 Å². The van der Waals surface area contributed by atoms with Crippen LogP contribution >= 0.6 is 0 Å². The molecule has 0 radical (unpaired) electrons. The van der Waals surface area contributed by atoms with Crippen molar-refractivity contribution in [1.82, 2.24) is 15.2 Å². The number of nitrogens with one attached hydrogen (secondary N) is 1. The maximum absolute atomic E-state index is 12.9. The molecule has 1 aromatic rings. The van der Waals surface area contributed by atoms with Crippen molar-refractivity contribution in [2.75, 3.05) is 37.6 Å². The van der Waals surface area contributed by atoms with Gasteiger partial charge < -0.3 is 19.9 Å². The molecule has 1 saturated heterocycles. The van der Waals surface area contributed by atoms with Crippen LogP contribution in [-0.4, -0.2) is 60.2 Å². The van der Waals surface area contributed by atoms with Crippen LogP contribution in [0.1, 0.15) is 46.5 Å². The van der Waals surface area contributed by atoms with Gasteiger partial charge in [-0.25, -0.2) is 4.79 Å². The number of pyridine rings is 1. The number of hydrogen-bond donors (Lipinski definition) is 1. The number of rotatable bonds is 4. The van der Waals surface area contributed by atoms with Gasteiger partial charge in [-0.3, -0.25) is 9.78 Å². The molecule has 1 N–H and O–H groups in total. The highest BCUT2D eigenvalue weighted by atomic mass is 16.6. The summed E-state index contributed by atoms with van der Waals surface area (Å²) in [5.41, 5.74) is 0.695. The molecule has 7 heteroatoms. The molecule has 160 valence electrons. The van der Waals surface area contributed by atoms with E-state index in [0.29, 0.717) is 18.4 Å². The standard InChI is InChI=1S/C22H34N4O3/c1-22(2,3)29-21(28)24-16-17-4-6-18(7-5-17)20(27)26-14-12-25(13-15-26)19-8-10-23-11-9-19/h8-11,17-18H,4-7,12-16H2,1-3H3,(H,24,28). The third-order valence-electron chi connectivity index (χ3n) is 5.75. The van der Waals surface area contributed by atoms with Gasteiger partial charge in [-0.15, -0.1) is 0 Å². The topological polar surface area (TPSA) is 74.8 Å². The number of ether oxygens (including phenoxy) is 1. The summed E-state index contributed by atoms with van der Waals surface area (Å²) in [7, 11) is 0. The van der Waals surface area contributed by atoms with Crippen LogP contribution in [0.25, 0.3) is 0 Å². The molecule has 0 bridgehead atoms. The first kappa shape index (κ1) is 21.4. The molecule has 0 atom stereocenters. The molecule has 1 aliphatic carbocycles. The highest BCUT2D eigenvalue weighted by Crippen LogP contribution is 2.30. The zero-order chi connectivity index (χ0) is 20.9. The van der Waals surface area contributed by atoms with Gasteiger partial charge in [0.25, 0.3) is 0 Å². The zero-order valence-corrected chi connectivity index (χ0v) is 17.9. The maximum Gasteiger partial charge on any atom is 0.407 e. The van der Waals surface area contributed by atoms with E-state index in [0.717, 1.165) is 51.9 Å². The minimum Gasteiger partial charge on any atom is -0.444 e. The summed E-state index contributed by atoms with van der Waals surface area (Å²) in [6.07, 6.45) is 7.02. The second-order valence-corrected chi connectivity index (χ2v) is 9.12. The number of carbonyl (C=O) groups is 2. The third kappa shape index (κ3) is 6.34. The van der Waals surface area contributed by atoms with E-state index < -0.39 is 5.60 Å². The predicted octanol–water partition coefficient (Wildman–Crippen LogP) is 3.06. The Morgan fingerprint density at radius 3 is 2.28 bits per heavy atom. The van der Waals surface area contributed by atoms with Crippen molar-refractivity contribution < 1.29 is 14.3 Å². The lowest BCUT2D eigenvalue weighted by molar-refractivity contribution is -0.137. The lowest BCUT2D eigenvalue weighted by Gasteiger charge is -2.38. The molecule has 2 aliphatic rings. The average Bonchev–Trinajstić information content (AvgIpc) is 2.72. The summed E-state index contributed by atoms with van der Waals surface area (Å²) in [6.45, 7) is 9.50. The van der Waals surface area contributed by atoms with Gasteiger partial charge in [0.15, 0.2) is 0 Å². The van der Waals surface area contributed by atoms with E-state index in [1.165, 1.54) is 5.69 Å². The van der Waals surface area contributed by atoms with Gasteiger partial charge in [-0.05, 0) is 64.5 Å². The fourth-order valence-electron chi connectivity index (χ4n) is 4.15. The maximum atomic E-state index is 12.9. The minimum absolute atomic E-state index is 0.125. The van der Waals surface area contributed by atoms with Gasteiger partial charge in [-0.1, -0.05) is 0 Å². The minimum atomic E-state index is -0.477. The van der Waals surface area contributed by atoms with E-state index in [1.54, 1.807) is 0 Å². The summed E-state index contributed by atoms with van der Waals surface area (Å²) in [6, 6.07) is 4.04. The number of piperazine rings is 1. The molecule has 2 amide bonds. The number of hydrogen-bond acceptors (Lipinski definition) is 5. The predicted molar refractivity (Wildman–Crippen MR) is 113 cm³/mol. The first-order chi connectivity index (χ1) is 13.8. The summed E-state index contributed by atoms with van der Waals surface area (Å²) in [5.74, 6) is 0.855. The number of amides is 2. The van der Waals surface area contributed by atoms with Crippen LogP contribution in [0.15, 0.2) is 24.5 Å². The Labute approximate surface area is 173 Å². The van der Waals surface area contributed by atoms with Crippen LogP contribution in [0, 0.1) is 11.8 Å². The molecule has 0 spiro atoms. The molecule has 1 aliphatic heterocycles. The normalized spacial score (nSPS) is 22.9. The molecule has 1 saturated carbocycles. The summed E-state index contributed by atoms with van der Waals surface area (Å²) in [5, 5.41) is 2.87. The van der Waals surface area contributed by atoms with Gasteiger partial charge in [-0.2, -0.15) is 0 Å². The Morgan fingerprint density at radius 1 is 1.07 bits per heavy atom. The Balaban J connectivity index is 1.38. The molecule has 29 heavy (non-hydrogen) atoms. The van der Waals surface area contributed by atoms with Crippen molar-refractivity contribution in [2.45, 2.75) is 52.1 Å². The first-order valence-electron chi connectivity index (χ1n) is 10.7. The lowest BCUT2D eigenvalue weighted by Crippen LogP contribution is -2.50. The molecule has 2 heterocycles. The van der Waals surface area contributed by atoms with Crippen LogP contribution in [0.3, 0.4) is 0 Å². The Kier molecular flexibility index (Phi) is 6.98. The number of nitrogens with zero attached hydrogens (tertiary/aromatic N) is 3. The van der Waals surface area contributed by atoms with Crippen molar-refractivity contribution in [3.63, 3.8) is 0 Å². The van der Waals surface area contributed by atoms with E-state index in [9.17, 15) is 9.59 Å². The number of anilines is 1. The van der Waals surface area contributed by atoms with Gasteiger partial charge in [0.05, 0.1) is 0 Å². The van der Waals surface area contributed by atoms with Crippen LogP contribution in [-0.2, 0) is 9.53 Å². The van der Waals surface area contributed by atoms with Gasteiger partial charge in [0, 0.05) is 56.7 Å². The highest BCUT2D eigenvalue weighted by molar-refractivity contribution is 5.79. The smallest absolute Gasteiger partial charge is 0.407 e. The summed E-state index contributed by atoms with van der Waals surface area (Å²) < 4.78 is 5.29. The molecule has 0 aromatic carbocycles. The van der Waals surface area contributed by atoms with Crippen molar-refractivity contribution >= 4 is 17.7 Å².